The molecule has 0 bridgehead atoms. The zero-order valence-electron chi connectivity index (χ0n) is 11.7. The van der Waals surface area contributed by atoms with Crippen LogP contribution in [-0.2, 0) is 19.5 Å². The Balaban J connectivity index is 2.15. The van der Waals surface area contributed by atoms with E-state index in [9.17, 15) is 8.42 Å². The molecule has 116 valence electrons. The molecular weight excluding hydrogens is 312 g/mol. The highest BCUT2D eigenvalue weighted by Crippen LogP contribution is 2.22. The van der Waals surface area contributed by atoms with Gasteiger partial charge >= 0.3 is 0 Å². The number of rotatable bonds is 6. The highest BCUT2D eigenvalue weighted by atomic mass is 32.2. The second kappa shape index (κ2) is 6.37. The predicted octanol–water partition coefficient (Wildman–Crippen LogP) is 0.405. The number of sulfonamides is 1. The molecule has 1 aliphatic heterocycles. The second-order valence-electron chi connectivity index (χ2n) is 4.91. The van der Waals surface area contributed by atoms with Crippen molar-refractivity contribution in [3.05, 3.63) is 29.8 Å². The lowest BCUT2D eigenvalue weighted by Crippen LogP contribution is -2.44. The maximum atomic E-state index is 12.3. The van der Waals surface area contributed by atoms with E-state index in [4.69, 9.17) is 27.4 Å². The lowest BCUT2D eigenvalue weighted by molar-refractivity contribution is -0.0120. The molecule has 3 N–H and O–H groups in total. The number of hydrogen-bond acceptors (Lipinski definition) is 5. The van der Waals surface area contributed by atoms with Gasteiger partial charge in [-0.05, 0) is 12.1 Å². The van der Waals surface area contributed by atoms with Gasteiger partial charge in [-0.25, -0.2) is 13.1 Å². The Morgan fingerprint density at radius 1 is 1.57 bits per heavy atom. The number of thiocarbonyl (C=S) groups is 1. The van der Waals surface area contributed by atoms with E-state index in [1.165, 1.54) is 12.1 Å². The number of nitrogens with one attached hydrogen (secondary N) is 1. The Labute approximate surface area is 129 Å². The van der Waals surface area contributed by atoms with Crippen LogP contribution in [0.15, 0.2) is 29.2 Å². The van der Waals surface area contributed by atoms with Crippen LogP contribution in [0.4, 0.5) is 0 Å². The summed E-state index contributed by atoms with van der Waals surface area (Å²) in [5.41, 5.74) is 5.43. The lowest BCUT2D eigenvalue weighted by Gasteiger charge is -2.25. The molecule has 1 unspecified atom stereocenters. The summed E-state index contributed by atoms with van der Waals surface area (Å²) in [6.07, 6.45) is 0.652. The highest BCUT2D eigenvalue weighted by Gasteiger charge is 2.36. The fourth-order valence-electron chi connectivity index (χ4n) is 2.09. The van der Waals surface area contributed by atoms with Crippen LogP contribution in [0.25, 0.3) is 0 Å². The van der Waals surface area contributed by atoms with Crippen molar-refractivity contribution in [2.75, 3.05) is 26.9 Å². The van der Waals surface area contributed by atoms with Gasteiger partial charge < -0.3 is 15.2 Å². The third kappa shape index (κ3) is 3.78. The molecule has 1 atom stereocenters. The predicted molar refractivity (Wildman–Crippen MR) is 82.7 cm³/mol. The number of nitrogens with two attached hydrogens (primary N) is 1. The molecule has 1 saturated heterocycles. The van der Waals surface area contributed by atoms with Crippen LogP contribution in [0.3, 0.4) is 0 Å². The largest absolute Gasteiger partial charge is 0.389 e. The summed E-state index contributed by atoms with van der Waals surface area (Å²) in [4.78, 5) is 0.280. The fourth-order valence-corrected chi connectivity index (χ4v) is 3.37. The molecule has 1 fully saturated rings. The third-order valence-corrected chi connectivity index (χ3v) is 5.15. The number of methoxy groups -OCH3 is 1. The van der Waals surface area contributed by atoms with E-state index >= 15 is 0 Å². The first-order chi connectivity index (χ1) is 9.88. The van der Waals surface area contributed by atoms with Gasteiger partial charge in [-0.15, -0.1) is 0 Å². The van der Waals surface area contributed by atoms with Crippen LogP contribution < -0.4 is 10.5 Å². The summed E-state index contributed by atoms with van der Waals surface area (Å²) in [5.74, 6) is 0. The van der Waals surface area contributed by atoms with Crippen molar-refractivity contribution in [3.63, 3.8) is 0 Å². The Morgan fingerprint density at radius 2 is 2.33 bits per heavy atom. The number of hydrogen-bond donors (Lipinski definition) is 2. The van der Waals surface area contributed by atoms with E-state index < -0.39 is 15.6 Å². The third-order valence-electron chi connectivity index (χ3n) is 3.51. The maximum absolute atomic E-state index is 12.3. The molecule has 1 aliphatic rings. The molecule has 0 saturated carbocycles. The van der Waals surface area contributed by atoms with Crippen molar-refractivity contribution < 1.29 is 17.9 Å². The van der Waals surface area contributed by atoms with Crippen molar-refractivity contribution in [2.24, 2.45) is 5.73 Å². The molecule has 0 aromatic heterocycles. The summed E-state index contributed by atoms with van der Waals surface area (Å²) in [7, 11) is -2.10. The topological polar surface area (TPSA) is 90.7 Å². The van der Waals surface area contributed by atoms with E-state index in [1.54, 1.807) is 19.2 Å². The van der Waals surface area contributed by atoms with Crippen molar-refractivity contribution in [1.82, 2.24) is 4.72 Å². The van der Waals surface area contributed by atoms with Gasteiger partial charge in [0.15, 0.2) is 0 Å². The molecule has 1 aromatic rings. The Morgan fingerprint density at radius 3 is 2.90 bits per heavy atom. The zero-order chi connectivity index (χ0) is 15.5. The van der Waals surface area contributed by atoms with Crippen molar-refractivity contribution >= 4 is 27.2 Å². The van der Waals surface area contributed by atoms with Gasteiger partial charge in [-0.3, -0.25) is 0 Å². The van der Waals surface area contributed by atoms with Crippen molar-refractivity contribution in [2.45, 2.75) is 16.9 Å². The summed E-state index contributed by atoms with van der Waals surface area (Å²) in [5, 5.41) is 0. The molecule has 6 nitrogen and oxygen atoms in total. The minimum atomic E-state index is -3.65. The number of benzene rings is 1. The first-order valence-corrected chi connectivity index (χ1v) is 8.30. The molecule has 0 spiro atoms. The minimum Gasteiger partial charge on any atom is -0.389 e. The average Bonchev–Trinajstić information content (AvgIpc) is 2.95. The molecule has 2 rings (SSSR count). The fraction of sp³-hybridized carbons (Fsp3) is 0.462. The highest BCUT2D eigenvalue weighted by molar-refractivity contribution is 7.89. The maximum Gasteiger partial charge on any atom is 0.240 e. The summed E-state index contributed by atoms with van der Waals surface area (Å²) in [6.45, 7) is 1.09. The first kappa shape index (κ1) is 16.3. The first-order valence-electron chi connectivity index (χ1n) is 6.41. The van der Waals surface area contributed by atoms with Gasteiger partial charge in [0.1, 0.15) is 10.6 Å². The summed E-state index contributed by atoms with van der Waals surface area (Å²) >= 11 is 4.86. The Kier molecular flexibility index (Phi) is 4.95. The van der Waals surface area contributed by atoms with E-state index in [2.05, 4.69) is 4.72 Å². The van der Waals surface area contributed by atoms with E-state index in [-0.39, 0.29) is 16.4 Å². The monoisotopic (exact) mass is 330 g/mol. The SMILES string of the molecule is COC1(CNS(=O)(=O)c2cccc(C(N)=S)c2)CCOC1. The molecule has 1 heterocycles. The quantitative estimate of drug-likeness (QED) is 0.734. The Hall–Kier alpha value is -1.06. The van der Waals surface area contributed by atoms with Crippen molar-refractivity contribution in [1.29, 1.82) is 0 Å². The van der Waals surface area contributed by atoms with Crippen LogP contribution in [0.1, 0.15) is 12.0 Å². The van der Waals surface area contributed by atoms with Gasteiger partial charge in [0, 0.05) is 32.2 Å². The lowest BCUT2D eigenvalue weighted by atomic mass is 10.0. The number of ether oxygens (including phenoxy) is 2. The van der Waals surface area contributed by atoms with Crippen LogP contribution in [-0.4, -0.2) is 45.9 Å². The van der Waals surface area contributed by atoms with Gasteiger partial charge in [-0.1, -0.05) is 24.4 Å². The van der Waals surface area contributed by atoms with Crippen LogP contribution in [0.5, 0.6) is 0 Å². The smallest absolute Gasteiger partial charge is 0.240 e. The summed E-state index contributed by atoms with van der Waals surface area (Å²) < 4.78 is 37.9. The minimum absolute atomic E-state index is 0.123. The molecule has 0 aliphatic carbocycles. The van der Waals surface area contributed by atoms with E-state index in [0.717, 1.165) is 0 Å². The molecule has 21 heavy (non-hydrogen) atoms. The normalized spacial score (nSPS) is 22.3. The van der Waals surface area contributed by atoms with Gasteiger partial charge in [-0.2, -0.15) is 0 Å². The molecular formula is C13H18N2O4S2. The van der Waals surface area contributed by atoms with Gasteiger partial charge in [0.25, 0.3) is 0 Å². The standard InChI is InChI=1S/C13H18N2O4S2/c1-18-13(5-6-19-9-13)8-15-21(16,17)11-4-2-3-10(7-11)12(14)20/h2-4,7,15H,5-6,8-9H2,1H3,(H2,14,20). The van der Waals surface area contributed by atoms with Gasteiger partial charge in [0.05, 0.1) is 11.5 Å². The Bertz CT molecular complexity index is 625. The van der Waals surface area contributed by atoms with Crippen molar-refractivity contribution in [3.8, 4) is 0 Å². The van der Waals surface area contributed by atoms with Crippen LogP contribution >= 0.6 is 12.2 Å². The van der Waals surface area contributed by atoms with Crippen LogP contribution in [0.2, 0.25) is 0 Å². The zero-order valence-corrected chi connectivity index (χ0v) is 13.3. The second-order valence-corrected chi connectivity index (χ2v) is 7.11. The van der Waals surface area contributed by atoms with Crippen LogP contribution in [0, 0.1) is 0 Å². The van der Waals surface area contributed by atoms with Gasteiger partial charge in [0.2, 0.25) is 10.0 Å². The molecule has 0 radical (unpaired) electrons. The van der Waals surface area contributed by atoms with E-state index in [1.807, 2.05) is 0 Å². The molecule has 1 aromatic carbocycles. The summed E-state index contributed by atoms with van der Waals surface area (Å²) in [6, 6.07) is 6.22. The average molecular weight is 330 g/mol. The molecule has 0 amide bonds. The van der Waals surface area contributed by atoms with E-state index in [0.29, 0.717) is 25.2 Å². The molecule has 8 heteroatoms.